The average molecular weight is 557 g/mol. The zero-order valence-corrected chi connectivity index (χ0v) is 22.2. The van der Waals surface area contributed by atoms with Crippen molar-refractivity contribution >= 4 is 39.7 Å². The molecule has 3 N–H and O–H groups in total. The van der Waals surface area contributed by atoms with Crippen LogP contribution >= 0.6 is 11.3 Å². The van der Waals surface area contributed by atoms with E-state index in [9.17, 15) is 18.0 Å². The van der Waals surface area contributed by atoms with Gasteiger partial charge in [0.1, 0.15) is 17.0 Å². The van der Waals surface area contributed by atoms with Crippen molar-refractivity contribution in [2.24, 2.45) is 0 Å². The molecule has 0 bridgehead atoms. The van der Waals surface area contributed by atoms with Gasteiger partial charge in [0, 0.05) is 35.2 Å². The maximum Gasteiger partial charge on any atom is 0.397 e. The molecule has 39 heavy (non-hydrogen) atoms. The number of alkyl halides is 3. The lowest BCUT2D eigenvalue weighted by Gasteiger charge is -2.23. The van der Waals surface area contributed by atoms with Crippen molar-refractivity contribution in [3.63, 3.8) is 0 Å². The Bertz CT molecular complexity index is 1500. The Kier molecular flexibility index (Phi) is 7.67. The third-order valence-electron chi connectivity index (χ3n) is 6.24. The molecule has 1 aliphatic heterocycles. The Labute approximate surface area is 227 Å². The number of carbonyl (C=O) groups excluding carboxylic acids is 1. The normalized spacial score (nSPS) is 15.8. The van der Waals surface area contributed by atoms with Gasteiger partial charge in [-0.3, -0.25) is 4.79 Å². The molecular formula is C27H27F3N6O2S. The van der Waals surface area contributed by atoms with Gasteiger partial charge in [-0.05, 0) is 50.9 Å². The predicted octanol–water partition coefficient (Wildman–Crippen LogP) is 6.22. The number of aromatic nitrogens is 3. The highest BCUT2D eigenvalue weighted by molar-refractivity contribution is 7.15. The third kappa shape index (κ3) is 6.45. The van der Waals surface area contributed by atoms with E-state index in [0.717, 1.165) is 35.8 Å². The Morgan fingerprint density at radius 3 is 2.72 bits per heavy atom. The second-order valence-electron chi connectivity index (χ2n) is 9.38. The molecule has 12 heteroatoms. The topological polar surface area (TPSA) is 101 Å². The van der Waals surface area contributed by atoms with Gasteiger partial charge >= 0.3 is 6.18 Å². The van der Waals surface area contributed by atoms with Gasteiger partial charge in [-0.2, -0.15) is 13.2 Å². The van der Waals surface area contributed by atoms with Crippen LogP contribution in [0, 0.1) is 13.8 Å². The van der Waals surface area contributed by atoms with Gasteiger partial charge in [0.15, 0.2) is 0 Å². The number of ether oxygens (including phenoxy) is 1. The number of benzene rings is 2. The number of piperidine rings is 1. The molecule has 0 radical (unpaired) electrons. The first kappa shape index (κ1) is 26.8. The third-order valence-corrected chi connectivity index (χ3v) is 7.21. The van der Waals surface area contributed by atoms with E-state index >= 15 is 0 Å². The minimum Gasteiger partial charge on any atom is -0.437 e. The SMILES string of the molecule is Cc1nc(Oc2c(C)cc(NC(=O)CC(F)(F)F)c3ccccc23)c(-c2ccnc(NC3CCCNC3)n2)s1. The number of amides is 1. The second kappa shape index (κ2) is 11.1. The Hall–Kier alpha value is -3.77. The number of rotatable bonds is 7. The van der Waals surface area contributed by atoms with Crippen LogP contribution in [0.25, 0.3) is 21.3 Å². The highest BCUT2D eigenvalue weighted by Crippen LogP contribution is 2.42. The Morgan fingerprint density at radius 1 is 1.18 bits per heavy atom. The van der Waals surface area contributed by atoms with Gasteiger partial charge in [-0.25, -0.2) is 15.0 Å². The lowest BCUT2D eigenvalue weighted by Crippen LogP contribution is -2.38. The number of aryl methyl sites for hydroxylation is 2. The van der Waals surface area contributed by atoms with Crippen LogP contribution in [0.15, 0.2) is 42.6 Å². The largest absolute Gasteiger partial charge is 0.437 e. The van der Waals surface area contributed by atoms with E-state index in [0.29, 0.717) is 39.6 Å². The van der Waals surface area contributed by atoms with E-state index in [-0.39, 0.29) is 11.7 Å². The van der Waals surface area contributed by atoms with Crippen molar-refractivity contribution in [3.05, 3.63) is 53.2 Å². The smallest absolute Gasteiger partial charge is 0.397 e. The number of carbonyl (C=O) groups is 1. The Morgan fingerprint density at radius 2 is 1.97 bits per heavy atom. The molecule has 0 aliphatic carbocycles. The standard InChI is InChI=1S/C27H27F3N6O2S/c1-15-12-21(35-22(37)13-27(28,29)30)18-7-3-4-8-19(18)23(15)38-25-24(39-16(2)33-25)20-9-11-32-26(36-20)34-17-6-5-10-31-14-17/h3-4,7-9,11-12,17,31H,5-6,10,13-14H2,1-2H3,(H,35,37)(H,32,34,36). The zero-order valence-electron chi connectivity index (χ0n) is 21.4. The molecule has 0 spiro atoms. The molecular weight excluding hydrogens is 529 g/mol. The maximum atomic E-state index is 12.7. The summed E-state index contributed by atoms with van der Waals surface area (Å²) >= 11 is 1.44. The summed E-state index contributed by atoms with van der Waals surface area (Å²) in [5.41, 5.74) is 1.57. The van der Waals surface area contributed by atoms with Gasteiger partial charge in [-0.15, -0.1) is 11.3 Å². The van der Waals surface area contributed by atoms with Gasteiger partial charge in [-0.1, -0.05) is 24.3 Å². The summed E-state index contributed by atoms with van der Waals surface area (Å²) in [5, 5.41) is 11.1. The number of anilines is 2. The molecule has 1 atom stereocenters. The molecule has 1 unspecified atom stereocenters. The van der Waals surface area contributed by atoms with Crippen molar-refractivity contribution < 1.29 is 22.7 Å². The molecule has 0 saturated carbocycles. The van der Waals surface area contributed by atoms with Crippen LogP contribution in [0.1, 0.15) is 29.8 Å². The summed E-state index contributed by atoms with van der Waals surface area (Å²) in [7, 11) is 0. The summed E-state index contributed by atoms with van der Waals surface area (Å²) < 4.78 is 44.6. The second-order valence-corrected chi connectivity index (χ2v) is 10.6. The minimum absolute atomic E-state index is 0.247. The fourth-order valence-electron chi connectivity index (χ4n) is 4.55. The van der Waals surface area contributed by atoms with Gasteiger partial charge in [0.25, 0.3) is 0 Å². The van der Waals surface area contributed by atoms with Gasteiger partial charge in [0.2, 0.25) is 17.7 Å². The lowest BCUT2D eigenvalue weighted by molar-refractivity contribution is -0.150. The predicted molar refractivity (Wildman–Crippen MR) is 145 cm³/mol. The number of fused-ring (bicyclic) bond motifs is 1. The molecule has 1 fully saturated rings. The molecule has 5 rings (SSSR count). The molecule has 8 nitrogen and oxygen atoms in total. The van der Waals surface area contributed by atoms with Crippen LogP contribution in [0.5, 0.6) is 11.6 Å². The first-order chi connectivity index (χ1) is 18.7. The van der Waals surface area contributed by atoms with E-state index < -0.39 is 18.5 Å². The van der Waals surface area contributed by atoms with Crippen molar-refractivity contribution in [1.82, 2.24) is 20.3 Å². The fraction of sp³-hybridized carbons (Fsp3) is 0.333. The van der Waals surface area contributed by atoms with Crippen LogP contribution in [0.4, 0.5) is 24.8 Å². The first-order valence-electron chi connectivity index (χ1n) is 12.5. The maximum absolute atomic E-state index is 12.7. The van der Waals surface area contributed by atoms with Crippen LogP contribution < -0.4 is 20.7 Å². The van der Waals surface area contributed by atoms with Gasteiger partial charge < -0.3 is 20.7 Å². The van der Waals surface area contributed by atoms with Crippen LogP contribution in [-0.4, -0.2) is 46.2 Å². The molecule has 1 amide bonds. The van der Waals surface area contributed by atoms with Crippen molar-refractivity contribution in [3.8, 4) is 22.2 Å². The van der Waals surface area contributed by atoms with Crippen molar-refractivity contribution in [1.29, 1.82) is 0 Å². The monoisotopic (exact) mass is 556 g/mol. The van der Waals surface area contributed by atoms with Crippen LogP contribution in [0.2, 0.25) is 0 Å². The number of halogens is 3. The highest BCUT2D eigenvalue weighted by Gasteiger charge is 2.31. The number of nitrogens with one attached hydrogen (secondary N) is 3. The van der Waals surface area contributed by atoms with E-state index in [1.54, 1.807) is 49.5 Å². The van der Waals surface area contributed by atoms with E-state index in [2.05, 4.69) is 25.9 Å². The molecule has 3 heterocycles. The number of thiazole rings is 1. The Balaban J connectivity index is 1.46. The molecule has 4 aromatic rings. The summed E-state index contributed by atoms with van der Waals surface area (Å²) in [6.45, 7) is 5.50. The summed E-state index contributed by atoms with van der Waals surface area (Å²) in [6, 6.07) is 10.7. The summed E-state index contributed by atoms with van der Waals surface area (Å²) in [6.07, 6.45) is -2.35. The molecule has 2 aromatic carbocycles. The minimum atomic E-state index is -4.60. The molecule has 2 aromatic heterocycles. The lowest BCUT2D eigenvalue weighted by atomic mass is 10.0. The molecule has 1 saturated heterocycles. The fourth-order valence-corrected chi connectivity index (χ4v) is 5.37. The number of hydrogen-bond donors (Lipinski definition) is 3. The van der Waals surface area contributed by atoms with Crippen LogP contribution in [0.3, 0.4) is 0 Å². The molecule has 1 aliphatic rings. The number of hydrogen-bond acceptors (Lipinski definition) is 8. The van der Waals surface area contributed by atoms with Crippen LogP contribution in [-0.2, 0) is 4.79 Å². The van der Waals surface area contributed by atoms with E-state index in [1.165, 1.54) is 11.3 Å². The van der Waals surface area contributed by atoms with Crippen molar-refractivity contribution in [2.75, 3.05) is 23.7 Å². The first-order valence-corrected chi connectivity index (χ1v) is 13.3. The average Bonchev–Trinajstić information content (AvgIpc) is 3.26. The highest BCUT2D eigenvalue weighted by atomic mass is 32.1. The summed E-state index contributed by atoms with van der Waals surface area (Å²) in [4.78, 5) is 26.4. The molecule has 204 valence electrons. The van der Waals surface area contributed by atoms with E-state index in [4.69, 9.17) is 9.72 Å². The number of nitrogens with zero attached hydrogens (tertiary/aromatic N) is 3. The van der Waals surface area contributed by atoms with Gasteiger partial charge in [0.05, 0.1) is 10.7 Å². The zero-order chi connectivity index (χ0) is 27.6. The summed E-state index contributed by atoms with van der Waals surface area (Å²) in [5.74, 6) is 0.254. The van der Waals surface area contributed by atoms with Crippen molar-refractivity contribution in [2.45, 2.75) is 45.3 Å². The quantitative estimate of drug-likeness (QED) is 0.249. The van der Waals surface area contributed by atoms with E-state index in [1.807, 2.05) is 6.92 Å².